The van der Waals surface area contributed by atoms with Gasteiger partial charge in [-0.15, -0.1) is 0 Å². The largest absolute Gasteiger partial charge is 0.375 e. The molecule has 1 aromatic carbocycles. The van der Waals surface area contributed by atoms with Crippen molar-refractivity contribution in [2.45, 2.75) is 38.1 Å². The van der Waals surface area contributed by atoms with Crippen molar-refractivity contribution < 1.29 is 4.79 Å². The fourth-order valence-electron chi connectivity index (χ4n) is 2.77. The van der Waals surface area contributed by atoms with E-state index < -0.39 is 0 Å². The van der Waals surface area contributed by atoms with Gasteiger partial charge in [-0.2, -0.15) is 0 Å². The second-order valence-corrected chi connectivity index (χ2v) is 6.08. The number of rotatable bonds is 6. The molecule has 0 aliphatic carbocycles. The second kappa shape index (κ2) is 7.46. The van der Waals surface area contributed by atoms with Crippen LogP contribution in [0.5, 0.6) is 0 Å². The van der Waals surface area contributed by atoms with Gasteiger partial charge >= 0.3 is 0 Å². The van der Waals surface area contributed by atoms with Gasteiger partial charge in [-0.3, -0.25) is 4.79 Å². The second-order valence-electron chi connectivity index (χ2n) is 6.08. The molecule has 116 valence electrons. The van der Waals surface area contributed by atoms with Gasteiger partial charge in [-0.25, -0.2) is 0 Å². The SMILES string of the molecule is CN(CCCNC(=O)C1(C)CCCCN1)c1ccccc1. The van der Waals surface area contributed by atoms with Crippen molar-refractivity contribution in [3.63, 3.8) is 0 Å². The summed E-state index contributed by atoms with van der Waals surface area (Å²) >= 11 is 0. The Morgan fingerprint density at radius 2 is 2.10 bits per heavy atom. The predicted molar refractivity (Wildman–Crippen MR) is 87.6 cm³/mol. The molecule has 1 aromatic rings. The van der Waals surface area contributed by atoms with Crippen LogP contribution < -0.4 is 15.5 Å². The van der Waals surface area contributed by atoms with Gasteiger partial charge in [-0.1, -0.05) is 18.2 Å². The van der Waals surface area contributed by atoms with E-state index in [-0.39, 0.29) is 11.4 Å². The molecule has 4 heteroatoms. The zero-order valence-electron chi connectivity index (χ0n) is 13.2. The normalized spacial score (nSPS) is 21.8. The van der Waals surface area contributed by atoms with Crippen LogP contribution in [0.25, 0.3) is 0 Å². The highest BCUT2D eigenvalue weighted by atomic mass is 16.2. The summed E-state index contributed by atoms with van der Waals surface area (Å²) in [4.78, 5) is 14.5. The van der Waals surface area contributed by atoms with Crippen molar-refractivity contribution in [3.8, 4) is 0 Å². The van der Waals surface area contributed by atoms with Crippen LogP contribution in [0.4, 0.5) is 5.69 Å². The average Bonchev–Trinajstić information content (AvgIpc) is 2.52. The molecular weight excluding hydrogens is 262 g/mol. The zero-order chi connectivity index (χ0) is 15.1. The first-order valence-electron chi connectivity index (χ1n) is 7.91. The number of para-hydroxylation sites is 1. The summed E-state index contributed by atoms with van der Waals surface area (Å²) in [5.74, 6) is 0.143. The van der Waals surface area contributed by atoms with Crippen molar-refractivity contribution in [1.82, 2.24) is 10.6 Å². The maximum atomic E-state index is 12.2. The Balaban J connectivity index is 1.68. The monoisotopic (exact) mass is 289 g/mol. The van der Waals surface area contributed by atoms with Gasteiger partial charge in [0.05, 0.1) is 5.54 Å². The third kappa shape index (κ3) is 4.46. The molecule has 1 saturated heterocycles. The Bertz CT molecular complexity index is 441. The van der Waals surface area contributed by atoms with Crippen LogP contribution in [0, 0.1) is 0 Å². The number of nitrogens with one attached hydrogen (secondary N) is 2. The highest BCUT2D eigenvalue weighted by Crippen LogP contribution is 2.18. The topological polar surface area (TPSA) is 44.4 Å². The van der Waals surface area contributed by atoms with E-state index in [0.29, 0.717) is 0 Å². The van der Waals surface area contributed by atoms with Crippen LogP contribution in [0.1, 0.15) is 32.6 Å². The summed E-state index contributed by atoms with van der Waals surface area (Å²) in [5.41, 5.74) is 0.841. The maximum Gasteiger partial charge on any atom is 0.240 e. The van der Waals surface area contributed by atoms with Crippen molar-refractivity contribution in [2.75, 3.05) is 31.6 Å². The first-order chi connectivity index (χ1) is 10.1. The molecule has 2 rings (SSSR count). The molecule has 21 heavy (non-hydrogen) atoms. The van der Waals surface area contributed by atoms with Gasteiger partial charge in [0.1, 0.15) is 0 Å². The fourth-order valence-corrected chi connectivity index (χ4v) is 2.77. The highest BCUT2D eigenvalue weighted by Gasteiger charge is 2.33. The van der Waals surface area contributed by atoms with E-state index >= 15 is 0 Å². The molecule has 2 N–H and O–H groups in total. The Morgan fingerprint density at radius 3 is 2.76 bits per heavy atom. The number of piperidine rings is 1. The van der Waals surface area contributed by atoms with Crippen LogP contribution in [0.3, 0.4) is 0 Å². The van der Waals surface area contributed by atoms with E-state index in [9.17, 15) is 4.79 Å². The molecular formula is C17H27N3O. The van der Waals surface area contributed by atoms with Crippen molar-refractivity contribution in [2.24, 2.45) is 0 Å². The lowest BCUT2D eigenvalue weighted by molar-refractivity contribution is -0.127. The van der Waals surface area contributed by atoms with Crippen LogP contribution in [-0.4, -0.2) is 38.1 Å². The minimum absolute atomic E-state index is 0.143. The number of benzene rings is 1. The van der Waals surface area contributed by atoms with E-state index in [1.54, 1.807) is 0 Å². The van der Waals surface area contributed by atoms with Crippen LogP contribution in [-0.2, 0) is 4.79 Å². The molecule has 4 nitrogen and oxygen atoms in total. The molecule has 1 aliphatic heterocycles. The lowest BCUT2D eigenvalue weighted by Gasteiger charge is -2.33. The number of carbonyl (C=O) groups is 1. The van der Waals surface area contributed by atoms with E-state index in [1.165, 1.54) is 12.1 Å². The first-order valence-corrected chi connectivity index (χ1v) is 7.91. The molecule has 1 heterocycles. The zero-order valence-corrected chi connectivity index (χ0v) is 13.2. The molecule has 1 aliphatic rings. The summed E-state index contributed by atoms with van der Waals surface area (Å²) in [6.45, 7) is 4.62. The van der Waals surface area contributed by atoms with E-state index in [2.05, 4.69) is 34.7 Å². The van der Waals surface area contributed by atoms with Gasteiger partial charge < -0.3 is 15.5 Å². The molecule has 0 bridgehead atoms. The Kier molecular flexibility index (Phi) is 5.62. The van der Waals surface area contributed by atoms with Gasteiger partial charge in [0.25, 0.3) is 0 Å². The molecule has 0 spiro atoms. The lowest BCUT2D eigenvalue weighted by atomic mass is 9.90. The van der Waals surface area contributed by atoms with E-state index in [4.69, 9.17) is 0 Å². The summed E-state index contributed by atoms with van der Waals surface area (Å²) < 4.78 is 0. The molecule has 1 fully saturated rings. The van der Waals surface area contributed by atoms with Gasteiger partial charge in [0.2, 0.25) is 5.91 Å². The predicted octanol–water partition coefficient (Wildman–Crippen LogP) is 2.16. The van der Waals surface area contributed by atoms with Gasteiger partial charge in [-0.05, 0) is 51.3 Å². The Morgan fingerprint density at radius 1 is 1.33 bits per heavy atom. The van der Waals surface area contributed by atoms with Crippen LogP contribution in [0.2, 0.25) is 0 Å². The van der Waals surface area contributed by atoms with Crippen LogP contribution >= 0.6 is 0 Å². The molecule has 1 amide bonds. The average molecular weight is 289 g/mol. The number of hydrogen-bond acceptors (Lipinski definition) is 3. The fraction of sp³-hybridized carbons (Fsp3) is 0.588. The summed E-state index contributed by atoms with van der Waals surface area (Å²) in [6, 6.07) is 10.3. The lowest BCUT2D eigenvalue weighted by Crippen LogP contribution is -2.57. The molecule has 0 saturated carbocycles. The van der Waals surface area contributed by atoms with E-state index in [1.807, 2.05) is 25.1 Å². The third-order valence-corrected chi connectivity index (χ3v) is 4.27. The van der Waals surface area contributed by atoms with Crippen molar-refractivity contribution in [1.29, 1.82) is 0 Å². The minimum Gasteiger partial charge on any atom is -0.375 e. The number of anilines is 1. The molecule has 0 aromatic heterocycles. The quantitative estimate of drug-likeness (QED) is 0.789. The summed E-state index contributed by atoms with van der Waals surface area (Å²) in [7, 11) is 2.08. The highest BCUT2D eigenvalue weighted by molar-refractivity contribution is 5.85. The molecule has 0 radical (unpaired) electrons. The first kappa shape index (κ1) is 15.8. The Hall–Kier alpha value is -1.55. The number of hydrogen-bond donors (Lipinski definition) is 2. The summed E-state index contributed by atoms with van der Waals surface area (Å²) in [6.07, 6.45) is 4.19. The minimum atomic E-state index is -0.371. The number of carbonyl (C=O) groups excluding carboxylic acids is 1. The standard InChI is InChI=1S/C17H27N3O/c1-17(11-6-7-13-19-17)16(21)18-12-8-14-20(2)15-9-4-3-5-10-15/h3-5,9-10,19H,6-8,11-14H2,1-2H3,(H,18,21). The van der Waals surface area contributed by atoms with Crippen molar-refractivity contribution in [3.05, 3.63) is 30.3 Å². The smallest absolute Gasteiger partial charge is 0.240 e. The number of amides is 1. The maximum absolute atomic E-state index is 12.2. The molecule has 1 atom stereocenters. The van der Waals surface area contributed by atoms with Crippen molar-refractivity contribution >= 4 is 11.6 Å². The molecule has 1 unspecified atom stereocenters. The van der Waals surface area contributed by atoms with Crippen LogP contribution in [0.15, 0.2) is 30.3 Å². The van der Waals surface area contributed by atoms with E-state index in [0.717, 1.165) is 38.9 Å². The van der Waals surface area contributed by atoms with Gasteiger partial charge in [0, 0.05) is 25.8 Å². The summed E-state index contributed by atoms with van der Waals surface area (Å²) in [5, 5.41) is 6.42. The number of nitrogens with zero attached hydrogens (tertiary/aromatic N) is 1. The Labute approximate surface area is 127 Å². The van der Waals surface area contributed by atoms with Gasteiger partial charge in [0.15, 0.2) is 0 Å². The third-order valence-electron chi connectivity index (χ3n) is 4.27.